The lowest BCUT2D eigenvalue weighted by molar-refractivity contribution is 0.0178. The number of piperazine rings is 1. The highest BCUT2D eigenvalue weighted by molar-refractivity contribution is 5.33. The Bertz CT molecular complexity index is 401. The van der Waals surface area contributed by atoms with Crippen LogP contribution in [0, 0.1) is 13.8 Å². The molecular weight excluding hydrogens is 234 g/mol. The Hall–Kier alpha value is -1.00. The monoisotopic (exact) mass is 254 g/mol. The van der Waals surface area contributed by atoms with E-state index in [1.54, 1.807) is 0 Å². The first-order valence-electron chi connectivity index (χ1n) is 6.39. The van der Waals surface area contributed by atoms with Crippen molar-refractivity contribution in [2.24, 2.45) is 0 Å². The number of alkyl halides is 2. The number of nitrogens with one attached hydrogen (secondary N) is 1. The average Bonchev–Trinajstić information content (AvgIpc) is 2.35. The fourth-order valence-electron chi connectivity index (χ4n) is 2.53. The molecule has 1 N–H and O–H groups in total. The zero-order valence-electron chi connectivity index (χ0n) is 10.9. The van der Waals surface area contributed by atoms with Crippen molar-refractivity contribution < 1.29 is 8.78 Å². The lowest BCUT2D eigenvalue weighted by atomic mass is 9.97. The predicted molar refractivity (Wildman–Crippen MR) is 69.1 cm³/mol. The summed E-state index contributed by atoms with van der Waals surface area (Å²) in [5.74, 6) is 0. The summed E-state index contributed by atoms with van der Waals surface area (Å²) in [6.45, 7) is 6.79. The van der Waals surface area contributed by atoms with Crippen LogP contribution in [0.5, 0.6) is 0 Å². The molecule has 1 aliphatic rings. The van der Waals surface area contributed by atoms with E-state index in [0.717, 1.165) is 29.8 Å². The minimum Gasteiger partial charge on any atom is -0.314 e. The molecule has 1 fully saturated rings. The molecule has 0 unspecified atom stereocenters. The third kappa shape index (κ3) is 2.87. The summed E-state index contributed by atoms with van der Waals surface area (Å²) in [7, 11) is 0. The number of hydrogen-bond acceptors (Lipinski definition) is 2. The second-order valence-corrected chi connectivity index (χ2v) is 4.93. The van der Waals surface area contributed by atoms with Gasteiger partial charge in [-0.25, -0.2) is 8.78 Å². The van der Waals surface area contributed by atoms with E-state index in [9.17, 15) is 8.78 Å². The number of halogens is 2. The molecule has 2 nitrogen and oxygen atoms in total. The zero-order chi connectivity index (χ0) is 13.1. The van der Waals surface area contributed by atoms with E-state index in [1.807, 2.05) is 36.9 Å². The molecule has 1 saturated heterocycles. The first-order chi connectivity index (χ1) is 8.59. The number of aryl methyl sites for hydroxylation is 2. The SMILES string of the molecule is Cc1ccc(C)c([C@@H](C(F)F)N2CCNCC2)c1. The molecule has 0 aliphatic carbocycles. The quantitative estimate of drug-likeness (QED) is 0.891. The van der Waals surface area contributed by atoms with E-state index >= 15 is 0 Å². The predicted octanol–water partition coefficient (Wildman–Crippen LogP) is 2.51. The maximum Gasteiger partial charge on any atom is 0.258 e. The van der Waals surface area contributed by atoms with Gasteiger partial charge < -0.3 is 5.32 Å². The number of rotatable bonds is 3. The van der Waals surface area contributed by atoms with Gasteiger partial charge in [-0.1, -0.05) is 23.8 Å². The van der Waals surface area contributed by atoms with Crippen molar-refractivity contribution in [3.63, 3.8) is 0 Å². The Morgan fingerprint density at radius 3 is 2.44 bits per heavy atom. The van der Waals surface area contributed by atoms with Crippen molar-refractivity contribution in [1.29, 1.82) is 0 Å². The smallest absolute Gasteiger partial charge is 0.258 e. The van der Waals surface area contributed by atoms with Gasteiger partial charge in [-0.3, -0.25) is 4.90 Å². The number of benzene rings is 1. The third-order valence-electron chi connectivity index (χ3n) is 3.54. The average molecular weight is 254 g/mol. The molecule has 1 aromatic rings. The Morgan fingerprint density at radius 1 is 1.17 bits per heavy atom. The van der Waals surface area contributed by atoms with Gasteiger partial charge in [0.15, 0.2) is 0 Å². The van der Waals surface area contributed by atoms with Gasteiger partial charge >= 0.3 is 0 Å². The number of hydrogen-bond donors (Lipinski definition) is 1. The molecule has 2 rings (SSSR count). The summed E-state index contributed by atoms with van der Waals surface area (Å²) in [6.07, 6.45) is -2.34. The van der Waals surface area contributed by atoms with Gasteiger partial charge in [-0.15, -0.1) is 0 Å². The maximum atomic E-state index is 13.4. The summed E-state index contributed by atoms with van der Waals surface area (Å²) < 4.78 is 26.8. The molecule has 1 heterocycles. The minimum absolute atomic E-state index is 0.683. The van der Waals surface area contributed by atoms with Gasteiger partial charge in [-0.05, 0) is 25.0 Å². The standard InChI is InChI=1S/C14H20F2N2/c1-10-3-4-11(2)12(9-10)13(14(15)16)18-7-5-17-6-8-18/h3-4,9,13-14,17H,5-8H2,1-2H3/t13-/m0/s1. The summed E-state index contributed by atoms with van der Waals surface area (Å²) in [5.41, 5.74) is 2.76. The molecule has 1 aromatic carbocycles. The lowest BCUT2D eigenvalue weighted by Crippen LogP contribution is -2.47. The van der Waals surface area contributed by atoms with Crippen LogP contribution in [0.25, 0.3) is 0 Å². The van der Waals surface area contributed by atoms with Gasteiger partial charge in [0.1, 0.15) is 0 Å². The van der Waals surface area contributed by atoms with E-state index in [1.165, 1.54) is 0 Å². The van der Waals surface area contributed by atoms with Gasteiger partial charge in [-0.2, -0.15) is 0 Å². The van der Waals surface area contributed by atoms with Gasteiger partial charge in [0.25, 0.3) is 6.43 Å². The fraction of sp³-hybridized carbons (Fsp3) is 0.571. The highest BCUT2D eigenvalue weighted by Crippen LogP contribution is 2.30. The van der Waals surface area contributed by atoms with Crippen LogP contribution in [0.1, 0.15) is 22.7 Å². The van der Waals surface area contributed by atoms with Crippen LogP contribution < -0.4 is 5.32 Å². The largest absolute Gasteiger partial charge is 0.314 e. The van der Waals surface area contributed by atoms with Gasteiger partial charge in [0.05, 0.1) is 6.04 Å². The van der Waals surface area contributed by atoms with Crippen LogP contribution in [0.15, 0.2) is 18.2 Å². The molecule has 0 amide bonds. The first-order valence-corrected chi connectivity index (χ1v) is 6.39. The van der Waals surface area contributed by atoms with Crippen LogP contribution >= 0.6 is 0 Å². The second kappa shape index (κ2) is 5.76. The van der Waals surface area contributed by atoms with Crippen molar-refractivity contribution in [3.8, 4) is 0 Å². The molecule has 1 atom stereocenters. The van der Waals surface area contributed by atoms with Crippen LogP contribution in [0.2, 0.25) is 0 Å². The van der Waals surface area contributed by atoms with Crippen LogP contribution in [0.3, 0.4) is 0 Å². The topological polar surface area (TPSA) is 15.3 Å². The molecular formula is C14H20F2N2. The number of nitrogens with zero attached hydrogens (tertiary/aromatic N) is 1. The molecule has 1 aliphatic heterocycles. The van der Waals surface area contributed by atoms with Crippen molar-refractivity contribution in [2.45, 2.75) is 26.3 Å². The molecule has 0 radical (unpaired) electrons. The summed E-state index contributed by atoms with van der Waals surface area (Å²) in [4.78, 5) is 1.89. The van der Waals surface area contributed by atoms with E-state index in [0.29, 0.717) is 13.1 Å². The summed E-state index contributed by atoms with van der Waals surface area (Å²) in [5, 5.41) is 3.20. The molecule has 0 saturated carbocycles. The van der Waals surface area contributed by atoms with Crippen LogP contribution in [0.4, 0.5) is 8.78 Å². The van der Waals surface area contributed by atoms with Crippen LogP contribution in [-0.2, 0) is 0 Å². The van der Waals surface area contributed by atoms with Crippen molar-refractivity contribution in [2.75, 3.05) is 26.2 Å². The van der Waals surface area contributed by atoms with Crippen molar-refractivity contribution >= 4 is 0 Å². The van der Waals surface area contributed by atoms with Crippen molar-refractivity contribution in [1.82, 2.24) is 10.2 Å². The Balaban J connectivity index is 2.31. The molecule has 0 aromatic heterocycles. The molecule has 0 bridgehead atoms. The minimum atomic E-state index is -2.34. The summed E-state index contributed by atoms with van der Waals surface area (Å²) in [6, 6.07) is 5.03. The highest BCUT2D eigenvalue weighted by atomic mass is 19.3. The summed E-state index contributed by atoms with van der Waals surface area (Å²) >= 11 is 0. The normalized spacial score (nSPS) is 19.2. The zero-order valence-corrected chi connectivity index (χ0v) is 10.9. The van der Waals surface area contributed by atoms with E-state index < -0.39 is 12.5 Å². The third-order valence-corrected chi connectivity index (χ3v) is 3.54. The second-order valence-electron chi connectivity index (χ2n) is 4.93. The highest BCUT2D eigenvalue weighted by Gasteiger charge is 2.31. The van der Waals surface area contributed by atoms with Crippen molar-refractivity contribution in [3.05, 3.63) is 34.9 Å². The van der Waals surface area contributed by atoms with E-state index in [4.69, 9.17) is 0 Å². The molecule has 4 heteroatoms. The van der Waals surface area contributed by atoms with E-state index in [2.05, 4.69) is 5.32 Å². The molecule has 0 spiro atoms. The van der Waals surface area contributed by atoms with E-state index in [-0.39, 0.29) is 0 Å². The lowest BCUT2D eigenvalue weighted by Gasteiger charge is -2.35. The molecule has 18 heavy (non-hydrogen) atoms. The molecule has 100 valence electrons. The Kier molecular flexibility index (Phi) is 4.30. The fourth-order valence-corrected chi connectivity index (χ4v) is 2.53. The Labute approximate surface area is 107 Å². The van der Waals surface area contributed by atoms with Crippen LogP contribution in [-0.4, -0.2) is 37.5 Å². The Morgan fingerprint density at radius 2 is 1.83 bits per heavy atom. The maximum absolute atomic E-state index is 13.4. The van der Waals surface area contributed by atoms with Gasteiger partial charge in [0, 0.05) is 26.2 Å². The first kappa shape index (κ1) is 13.4. The van der Waals surface area contributed by atoms with Gasteiger partial charge in [0.2, 0.25) is 0 Å².